The van der Waals surface area contributed by atoms with Crippen LogP contribution in [0.3, 0.4) is 0 Å². The molecule has 5 rings (SSSR count). The molecule has 1 unspecified atom stereocenters. The highest BCUT2D eigenvalue weighted by Crippen LogP contribution is 2.43. The van der Waals surface area contributed by atoms with E-state index in [4.69, 9.17) is 4.74 Å². The molecule has 0 fully saturated rings. The minimum atomic E-state index is -4.99. The Bertz CT molecular complexity index is 1450. The molecule has 0 radical (unpaired) electrons. The van der Waals surface area contributed by atoms with Gasteiger partial charge < -0.3 is 9.64 Å². The lowest BCUT2D eigenvalue weighted by molar-refractivity contribution is -0.143. The third-order valence-electron chi connectivity index (χ3n) is 7.67. The fraction of sp³-hybridized carbons (Fsp3) is 0.517. The predicted octanol–water partition coefficient (Wildman–Crippen LogP) is 7.11. The van der Waals surface area contributed by atoms with Crippen LogP contribution in [-0.4, -0.2) is 38.9 Å². The number of hydrogen-bond acceptors (Lipinski definition) is 6. The van der Waals surface area contributed by atoms with Crippen molar-refractivity contribution in [3.63, 3.8) is 0 Å². The smallest absolute Gasteiger partial charge is 0.416 e. The fourth-order valence-electron chi connectivity index (χ4n) is 5.74. The summed E-state index contributed by atoms with van der Waals surface area (Å²) in [4.78, 5) is 17.7. The molecule has 0 saturated carbocycles. The van der Waals surface area contributed by atoms with Gasteiger partial charge in [0.1, 0.15) is 0 Å². The number of nitrogens with zero attached hydrogens (tertiary/aromatic N) is 6. The number of aromatic nitrogens is 4. The molecule has 2 heterocycles. The summed E-state index contributed by atoms with van der Waals surface area (Å²) in [6.07, 6.45) is -7.38. The quantitative estimate of drug-likeness (QED) is 0.277. The van der Waals surface area contributed by atoms with E-state index in [0.717, 1.165) is 42.5 Å². The monoisotopic (exact) mass is 610 g/mol. The fourth-order valence-corrected chi connectivity index (χ4v) is 5.74. The zero-order valence-corrected chi connectivity index (χ0v) is 24.0. The third-order valence-corrected chi connectivity index (χ3v) is 7.67. The SMILES string of the molecule is CCn1nnc(N(Cc2cc(C(F)(F)F)cc(C(F)(F)F)c2)C2CCCN(C(=O)OC(C)C)c3cc4c(cc32)CCC4)n1. The van der Waals surface area contributed by atoms with Crippen LogP contribution >= 0.6 is 0 Å². The normalized spacial score (nSPS) is 17.1. The summed E-state index contributed by atoms with van der Waals surface area (Å²) in [6, 6.07) is 4.92. The van der Waals surface area contributed by atoms with Crippen LogP contribution in [0.4, 0.5) is 42.8 Å². The van der Waals surface area contributed by atoms with Gasteiger partial charge in [-0.25, -0.2) is 4.79 Å². The Morgan fingerprint density at radius 2 is 1.65 bits per heavy atom. The van der Waals surface area contributed by atoms with Crippen molar-refractivity contribution in [2.45, 2.75) is 90.5 Å². The van der Waals surface area contributed by atoms with Crippen molar-refractivity contribution in [2.24, 2.45) is 0 Å². The van der Waals surface area contributed by atoms with Gasteiger partial charge in [-0.05, 0) is 105 Å². The van der Waals surface area contributed by atoms with E-state index in [-0.39, 0.29) is 30.2 Å². The number of alkyl halides is 6. The Labute approximate surface area is 244 Å². The molecule has 2 aromatic carbocycles. The van der Waals surface area contributed by atoms with Crippen molar-refractivity contribution >= 4 is 17.7 Å². The number of hydrogen-bond donors (Lipinski definition) is 0. The van der Waals surface area contributed by atoms with Crippen LogP contribution < -0.4 is 9.80 Å². The number of tetrazole rings is 1. The van der Waals surface area contributed by atoms with E-state index in [2.05, 4.69) is 15.4 Å². The maximum absolute atomic E-state index is 13.7. The van der Waals surface area contributed by atoms with E-state index in [1.807, 2.05) is 12.1 Å². The lowest BCUT2D eigenvalue weighted by Gasteiger charge is -2.32. The van der Waals surface area contributed by atoms with Crippen LogP contribution in [0.15, 0.2) is 30.3 Å². The minimum Gasteiger partial charge on any atom is -0.446 e. The van der Waals surface area contributed by atoms with Crippen molar-refractivity contribution in [3.05, 3.63) is 63.7 Å². The molecule has 1 aromatic heterocycles. The molecule has 1 amide bonds. The number of carbonyl (C=O) groups is 1. The van der Waals surface area contributed by atoms with Crippen LogP contribution in [0, 0.1) is 0 Å². The van der Waals surface area contributed by atoms with Gasteiger partial charge in [0.25, 0.3) is 5.95 Å². The van der Waals surface area contributed by atoms with Gasteiger partial charge in [-0.15, -0.1) is 5.10 Å². The Hall–Kier alpha value is -3.84. The molecule has 2 aliphatic rings. The van der Waals surface area contributed by atoms with E-state index in [1.165, 1.54) is 4.80 Å². The number of fused-ring (bicyclic) bond motifs is 2. The standard InChI is InChI=1S/C29H32F6N6O2/c1-4-41-37-26(36-38-41)40(16-18-11-21(28(30,31)32)15-22(12-18)29(33,34)35)24-9-6-10-39(27(42)43-17(2)3)25-14-20-8-5-7-19(20)13-23(24)25/h11-15,17,24H,4-10,16H2,1-3H3. The largest absolute Gasteiger partial charge is 0.446 e. The Kier molecular flexibility index (Phi) is 8.32. The number of anilines is 2. The molecular weight excluding hydrogens is 578 g/mol. The van der Waals surface area contributed by atoms with Gasteiger partial charge in [-0.3, -0.25) is 4.90 Å². The molecular formula is C29H32F6N6O2. The second kappa shape index (κ2) is 11.7. The number of ether oxygens (including phenoxy) is 1. The van der Waals surface area contributed by atoms with Crippen LogP contribution in [-0.2, 0) is 43.0 Å². The van der Waals surface area contributed by atoms with E-state index >= 15 is 0 Å². The topological polar surface area (TPSA) is 76.4 Å². The molecule has 0 spiro atoms. The number of rotatable bonds is 6. The predicted molar refractivity (Wildman–Crippen MR) is 146 cm³/mol. The molecule has 8 nitrogen and oxygen atoms in total. The van der Waals surface area contributed by atoms with Crippen LogP contribution in [0.1, 0.15) is 79.5 Å². The average molecular weight is 611 g/mol. The highest BCUT2D eigenvalue weighted by molar-refractivity contribution is 5.89. The van der Waals surface area contributed by atoms with E-state index in [0.29, 0.717) is 37.2 Å². The van der Waals surface area contributed by atoms with Crippen LogP contribution in [0.2, 0.25) is 0 Å². The second-order valence-corrected chi connectivity index (χ2v) is 11.1. The molecule has 0 saturated heterocycles. The molecule has 1 aliphatic carbocycles. The lowest BCUT2D eigenvalue weighted by atomic mass is 9.95. The van der Waals surface area contributed by atoms with E-state index in [1.54, 1.807) is 30.6 Å². The summed E-state index contributed by atoms with van der Waals surface area (Å²) >= 11 is 0. The average Bonchev–Trinajstić information content (AvgIpc) is 3.55. The van der Waals surface area contributed by atoms with Crippen molar-refractivity contribution in [2.75, 3.05) is 16.3 Å². The molecule has 0 N–H and O–H groups in total. The van der Waals surface area contributed by atoms with Gasteiger partial charge >= 0.3 is 18.4 Å². The summed E-state index contributed by atoms with van der Waals surface area (Å²) in [6.45, 7) is 5.58. The van der Waals surface area contributed by atoms with E-state index in [9.17, 15) is 31.1 Å². The first-order chi connectivity index (χ1) is 20.2. The molecule has 43 heavy (non-hydrogen) atoms. The maximum atomic E-state index is 13.7. The summed E-state index contributed by atoms with van der Waals surface area (Å²) in [5.74, 6) is 0.0578. The highest BCUT2D eigenvalue weighted by atomic mass is 19.4. The van der Waals surface area contributed by atoms with Crippen molar-refractivity contribution in [1.29, 1.82) is 0 Å². The number of carbonyl (C=O) groups excluding carboxylic acids is 1. The molecule has 1 atom stereocenters. The second-order valence-electron chi connectivity index (χ2n) is 11.1. The van der Waals surface area contributed by atoms with Crippen molar-refractivity contribution in [3.8, 4) is 0 Å². The van der Waals surface area contributed by atoms with Crippen molar-refractivity contribution in [1.82, 2.24) is 20.2 Å². The zero-order chi connectivity index (χ0) is 31.1. The van der Waals surface area contributed by atoms with Gasteiger partial charge in [-0.2, -0.15) is 31.1 Å². The molecule has 3 aromatic rings. The number of aryl methyl sites for hydroxylation is 3. The van der Waals surface area contributed by atoms with Crippen LogP contribution in [0.25, 0.3) is 0 Å². The van der Waals surface area contributed by atoms with Crippen LogP contribution in [0.5, 0.6) is 0 Å². The van der Waals surface area contributed by atoms with E-state index < -0.39 is 35.6 Å². The Morgan fingerprint density at radius 3 is 2.23 bits per heavy atom. The van der Waals surface area contributed by atoms with Gasteiger partial charge in [0.2, 0.25) is 0 Å². The lowest BCUT2D eigenvalue weighted by Crippen LogP contribution is -2.34. The first-order valence-corrected chi connectivity index (χ1v) is 14.2. The van der Waals surface area contributed by atoms with Gasteiger partial charge in [0.05, 0.1) is 35.5 Å². The molecule has 1 aliphatic heterocycles. The summed E-state index contributed by atoms with van der Waals surface area (Å²) in [5.41, 5.74) is 0.477. The van der Waals surface area contributed by atoms with Gasteiger partial charge in [-0.1, -0.05) is 11.2 Å². The van der Waals surface area contributed by atoms with Crippen molar-refractivity contribution < 1.29 is 35.9 Å². The summed E-state index contributed by atoms with van der Waals surface area (Å²) in [5, 5.41) is 12.5. The Balaban J connectivity index is 1.65. The summed E-state index contributed by atoms with van der Waals surface area (Å²) < 4.78 is 87.8. The maximum Gasteiger partial charge on any atom is 0.416 e. The number of amides is 1. The Morgan fingerprint density at radius 1 is 1.00 bits per heavy atom. The number of benzene rings is 2. The zero-order valence-electron chi connectivity index (χ0n) is 24.0. The molecule has 232 valence electrons. The highest BCUT2D eigenvalue weighted by Gasteiger charge is 2.38. The summed E-state index contributed by atoms with van der Waals surface area (Å²) in [7, 11) is 0. The first-order valence-electron chi connectivity index (χ1n) is 14.2. The van der Waals surface area contributed by atoms with Gasteiger partial charge in [0.15, 0.2) is 0 Å². The third kappa shape index (κ3) is 6.57. The molecule has 14 heteroatoms. The molecule has 0 bridgehead atoms. The first kappa shape index (κ1) is 30.6. The van der Waals surface area contributed by atoms with Gasteiger partial charge in [0, 0.05) is 13.1 Å². The minimum absolute atomic E-state index is 0.0578. The number of halogens is 6.